The minimum atomic E-state index is -4.47. The van der Waals surface area contributed by atoms with E-state index in [1.807, 2.05) is 13.1 Å². The van der Waals surface area contributed by atoms with Gasteiger partial charge >= 0.3 is 6.18 Å². The number of ether oxygens (including phenoxy) is 1. The lowest BCUT2D eigenvalue weighted by atomic mass is 10.0. The Hall–Kier alpha value is -3.25. The molecule has 1 aromatic heterocycles. The molecule has 2 aliphatic rings. The van der Waals surface area contributed by atoms with Gasteiger partial charge < -0.3 is 20.3 Å². The highest BCUT2D eigenvalue weighted by molar-refractivity contribution is 5.56. The van der Waals surface area contributed by atoms with Crippen molar-refractivity contribution in [1.82, 2.24) is 15.1 Å². The number of hydrogen-bond acceptors (Lipinski definition) is 5. The van der Waals surface area contributed by atoms with Gasteiger partial charge in [-0.3, -0.25) is 0 Å². The first-order chi connectivity index (χ1) is 20.1. The van der Waals surface area contributed by atoms with Crippen LogP contribution >= 0.6 is 0 Å². The van der Waals surface area contributed by atoms with Gasteiger partial charge in [-0.25, -0.2) is 17.9 Å². The summed E-state index contributed by atoms with van der Waals surface area (Å²) in [6.45, 7) is 3.31. The molecule has 2 saturated heterocycles. The Balaban J connectivity index is 1.30. The lowest BCUT2D eigenvalue weighted by Gasteiger charge is -2.36. The van der Waals surface area contributed by atoms with Crippen LogP contribution in [-0.4, -0.2) is 35.5 Å². The lowest BCUT2D eigenvalue weighted by molar-refractivity contribution is -0.138. The van der Waals surface area contributed by atoms with Gasteiger partial charge in [0.15, 0.2) is 5.82 Å². The van der Waals surface area contributed by atoms with Gasteiger partial charge in [0.05, 0.1) is 11.3 Å². The number of piperidine rings is 1. The third-order valence-electron chi connectivity index (χ3n) is 8.00. The molecular weight excluding hydrogens is 560 g/mol. The monoisotopic (exact) mass is 595 g/mol. The molecule has 2 N–H and O–H groups in total. The van der Waals surface area contributed by atoms with Gasteiger partial charge in [0.1, 0.15) is 12.0 Å². The largest absolute Gasteiger partial charge is 0.416 e. The van der Waals surface area contributed by atoms with Crippen molar-refractivity contribution in [1.29, 1.82) is 0 Å². The summed E-state index contributed by atoms with van der Waals surface area (Å²) in [4.78, 5) is 1.67. The number of halogens is 6. The van der Waals surface area contributed by atoms with Gasteiger partial charge in [0.25, 0.3) is 6.43 Å². The summed E-state index contributed by atoms with van der Waals surface area (Å²) in [5.41, 5.74) is -0.154. The van der Waals surface area contributed by atoms with Crippen LogP contribution in [0, 0.1) is 5.82 Å². The average Bonchev–Trinajstić information content (AvgIpc) is 3.41. The smallest absolute Gasteiger partial charge is 0.369 e. The van der Waals surface area contributed by atoms with E-state index in [1.54, 1.807) is 15.6 Å². The summed E-state index contributed by atoms with van der Waals surface area (Å²) >= 11 is 0. The fourth-order valence-electron chi connectivity index (χ4n) is 5.82. The molecule has 5 rings (SSSR count). The molecule has 0 saturated carbocycles. The van der Waals surface area contributed by atoms with Gasteiger partial charge in [-0.15, -0.1) is 0 Å². The predicted octanol–water partition coefficient (Wildman–Crippen LogP) is 7.61. The maximum atomic E-state index is 14.5. The highest BCUT2D eigenvalue weighted by Crippen LogP contribution is 2.35. The minimum absolute atomic E-state index is 0.0195. The van der Waals surface area contributed by atoms with E-state index >= 15 is 0 Å². The van der Waals surface area contributed by atoms with Crippen molar-refractivity contribution in [3.8, 4) is 0 Å². The fraction of sp³-hybridized carbons (Fsp3) is 0.500. The number of rotatable bonds is 9. The molecule has 0 spiro atoms. The summed E-state index contributed by atoms with van der Waals surface area (Å²) in [5.74, 6) is -0.195. The first kappa shape index (κ1) is 30.2. The summed E-state index contributed by atoms with van der Waals surface area (Å²) in [5, 5.41) is 11.4. The van der Waals surface area contributed by atoms with Crippen LogP contribution in [0.15, 0.2) is 48.7 Å². The third-order valence-corrected chi connectivity index (χ3v) is 8.00. The first-order valence-corrected chi connectivity index (χ1v) is 14.3. The number of alkyl halides is 5. The van der Waals surface area contributed by atoms with E-state index < -0.39 is 24.0 Å². The Morgan fingerprint density at radius 2 is 1.76 bits per heavy atom. The molecule has 0 amide bonds. The van der Waals surface area contributed by atoms with Crippen molar-refractivity contribution in [2.24, 2.45) is 0 Å². The predicted molar refractivity (Wildman–Crippen MR) is 148 cm³/mol. The highest BCUT2D eigenvalue weighted by atomic mass is 19.4. The number of aromatic nitrogens is 2. The van der Waals surface area contributed by atoms with Crippen LogP contribution in [0.5, 0.6) is 0 Å². The van der Waals surface area contributed by atoms with Crippen LogP contribution in [0.1, 0.15) is 80.0 Å². The molecule has 0 aliphatic carbocycles. The molecule has 6 nitrogen and oxygen atoms in total. The Labute approximate surface area is 241 Å². The maximum absolute atomic E-state index is 14.5. The summed E-state index contributed by atoms with van der Waals surface area (Å²) in [6.07, 6.45) is -1.69. The van der Waals surface area contributed by atoms with E-state index in [4.69, 9.17) is 4.74 Å². The van der Waals surface area contributed by atoms with E-state index in [0.29, 0.717) is 38.4 Å². The normalized spacial score (nSPS) is 19.3. The van der Waals surface area contributed by atoms with Gasteiger partial charge in [-0.05, 0) is 56.7 Å². The summed E-state index contributed by atoms with van der Waals surface area (Å²) in [7, 11) is 0. The van der Waals surface area contributed by atoms with E-state index in [1.165, 1.54) is 30.3 Å². The minimum Gasteiger partial charge on any atom is -0.369 e. The highest BCUT2D eigenvalue weighted by Gasteiger charge is 2.33. The van der Waals surface area contributed by atoms with Gasteiger partial charge in [0, 0.05) is 55.6 Å². The maximum Gasteiger partial charge on any atom is 0.416 e. The third kappa shape index (κ3) is 6.86. The first-order valence-electron chi connectivity index (χ1n) is 14.3. The van der Waals surface area contributed by atoms with Gasteiger partial charge in [-0.1, -0.05) is 30.3 Å². The molecule has 0 radical (unpaired) electrons. The molecule has 2 fully saturated rings. The van der Waals surface area contributed by atoms with E-state index in [0.717, 1.165) is 30.9 Å². The molecule has 2 atom stereocenters. The van der Waals surface area contributed by atoms with Crippen molar-refractivity contribution in [3.63, 3.8) is 0 Å². The number of anilines is 2. The van der Waals surface area contributed by atoms with E-state index in [2.05, 4.69) is 15.7 Å². The number of hydrogen-bond donors (Lipinski definition) is 2. The van der Waals surface area contributed by atoms with Crippen molar-refractivity contribution < 1.29 is 31.1 Å². The molecule has 2 aromatic carbocycles. The topological polar surface area (TPSA) is 54.4 Å². The van der Waals surface area contributed by atoms with Crippen molar-refractivity contribution >= 4 is 11.5 Å². The quantitative estimate of drug-likeness (QED) is 0.250. The molecule has 42 heavy (non-hydrogen) atoms. The van der Waals surface area contributed by atoms with Crippen LogP contribution in [0.4, 0.5) is 37.8 Å². The molecule has 2 aliphatic heterocycles. The van der Waals surface area contributed by atoms with Crippen molar-refractivity contribution in [2.75, 3.05) is 29.9 Å². The molecule has 12 heteroatoms. The van der Waals surface area contributed by atoms with Crippen LogP contribution < -0.4 is 15.5 Å². The van der Waals surface area contributed by atoms with E-state index in [-0.39, 0.29) is 41.7 Å². The average molecular weight is 596 g/mol. The van der Waals surface area contributed by atoms with Gasteiger partial charge in [-0.2, -0.15) is 18.3 Å². The molecular formula is C30H35F6N5O. The van der Waals surface area contributed by atoms with Crippen LogP contribution in [-0.2, 0) is 17.5 Å². The molecule has 228 valence electrons. The Morgan fingerprint density at radius 1 is 1.00 bits per heavy atom. The Kier molecular flexibility index (Phi) is 9.32. The fourth-order valence-corrected chi connectivity index (χ4v) is 5.82. The van der Waals surface area contributed by atoms with Gasteiger partial charge in [0.2, 0.25) is 0 Å². The van der Waals surface area contributed by atoms with Crippen LogP contribution in [0.25, 0.3) is 0 Å². The Morgan fingerprint density at radius 3 is 2.45 bits per heavy atom. The number of para-hydroxylation sites is 1. The SMILES string of the molecule is CC(NC1CCN(c2c(F)cccc2C(F)F)CC1)c1cn(C2CCCCO2)nc1NCc1ccccc1C(F)(F)F. The standard InChI is InChI=1S/C30H35F6N5O/c1-19(38-21-12-14-40(15-13-21)27-22(28(32)33)8-6-10-25(27)31)23-18-41(26-11-4-5-16-42-26)39-29(23)37-17-20-7-2-3-9-24(20)30(34,35)36/h2-3,6-10,18-19,21,26,28,38H,4-5,11-17H2,1H3,(H,37,39). The zero-order chi connectivity index (χ0) is 29.9. The van der Waals surface area contributed by atoms with E-state index in [9.17, 15) is 26.3 Å². The molecule has 2 unspecified atom stereocenters. The Bertz CT molecular complexity index is 1330. The van der Waals surface area contributed by atoms with Crippen molar-refractivity contribution in [2.45, 2.75) is 76.5 Å². The zero-order valence-electron chi connectivity index (χ0n) is 23.3. The summed E-state index contributed by atoms with van der Waals surface area (Å²) < 4.78 is 90.0. The van der Waals surface area contributed by atoms with Crippen LogP contribution in [0.3, 0.4) is 0 Å². The second-order valence-corrected chi connectivity index (χ2v) is 10.9. The zero-order valence-corrected chi connectivity index (χ0v) is 23.3. The molecule has 3 aromatic rings. The lowest BCUT2D eigenvalue weighted by Crippen LogP contribution is -2.44. The number of nitrogens with one attached hydrogen (secondary N) is 2. The molecule has 0 bridgehead atoms. The molecule has 3 heterocycles. The summed E-state index contributed by atoms with van der Waals surface area (Å²) in [6, 6.07) is 8.98. The number of nitrogens with zero attached hydrogens (tertiary/aromatic N) is 3. The second kappa shape index (κ2) is 12.9. The second-order valence-electron chi connectivity index (χ2n) is 10.9. The number of benzene rings is 2. The van der Waals surface area contributed by atoms with Crippen molar-refractivity contribution in [3.05, 3.63) is 76.7 Å². The van der Waals surface area contributed by atoms with Crippen LogP contribution in [0.2, 0.25) is 0 Å².